The fourth-order valence-electron chi connectivity index (χ4n) is 3.35. The van der Waals surface area contributed by atoms with Gasteiger partial charge in [-0.2, -0.15) is 5.10 Å². The molecule has 1 aliphatic heterocycles. The van der Waals surface area contributed by atoms with Crippen molar-refractivity contribution in [1.82, 2.24) is 19.8 Å². The van der Waals surface area contributed by atoms with Crippen LogP contribution in [0.25, 0.3) is 0 Å². The number of nitrogens with two attached hydrogens (primary N) is 1. The maximum atomic E-state index is 12.2. The average Bonchev–Trinajstić information content (AvgIpc) is 2.97. The number of anilines is 1. The molecular formula is C13H21N5O4S. The molecule has 0 radical (unpaired) electrons. The topological polar surface area (TPSA) is 128 Å². The smallest absolute Gasteiger partial charge is 0.242 e. The van der Waals surface area contributed by atoms with Gasteiger partial charge in [-0.15, -0.1) is 0 Å². The molecule has 128 valence electrons. The van der Waals surface area contributed by atoms with E-state index < -0.39 is 16.1 Å². The Hall–Kier alpha value is -1.65. The lowest BCUT2D eigenvalue weighted by Gasteiger charge is -2.47. The third kappa shape index (κ3) is 3.33. The first-order valence-electron chi connectivity index (χ1n) is 7.43. The lowest BCUT2D eigenvalue weighted by Crippen LogP contribution is -2.71. The number of rotatable bonds is 5. The van der Waals surface area contributed by atoms with Gasteiger partial charge in [-0.05, 0) is 13.3 Å². The summed E-state index contributed by atoms with van der Waals surface area (Å²) in [5.74, 6) is 0.296. The van der Waals surface area contributed by atoms with Gasteiger partial charge in [0.15, 0.2) is 0 Å². The number of hydrogen-bond donors (Lipinski definition) is 3. The molecule has 4 N–H and O–H groups in total. The predicted molar refractivity (Wildman–Crippen MR) is 82.9 cm³/mol. The first-order valence-corrected chi connectivity index (χ1v) is 9.32. The van der Waals surface area contributed by atoms with Crippen molar-refractivity contribution in [2.24, 2.45) is 5.92 Å². The van der Waals surface area contributed by atoms with Crippen molar-refractivity contribution in [3.8, 4) is 0 Å². The Morgan fingerprint density at radius 1 is 1.52 bits per heavy atom. The van der Waals surface area contributed by atoms with Crippen LogP contribution < -0.4 is 15.8 Å². The largest absolute Gasteiger partial charge is 0.384 e. The molecule has 1 amide bonds. The van der Waals surface area contributed by atoms with Gasteiger partial charge in [0.05, 0.1) is 30.1 Å². The van der Waals surface area contributed by atoms with E-state index in [1.165, 1.54) is 4.68 Å². The van der Waals surface area contributed by atoms with Crippen LogP contribution in [0.4, 0.5) is 5.82 Å². The van der Waals surface area contributed by atoms with E-state index in [-0.39, 0.29) is 30.5 Å². The Kier molecular flexibility index (Phi) is 4.07. The monoisotopic (exact) mass is 343 g/mol. The molecule has 0 bridgehead atoms. The number of nitrogens with zero attached hydrogens (tertiary/aromatic N) is 2. The van der Waals surface area contributed by atoms with Gasteiger partial charge in [0, 0.05) is 18.6 Å². The van der Waals surface area contributed by atoms with E-state index >= 15 is 0 Å². The van der Waals surface area contributed by atoms with E-state index in [2.05, 4.69) is 15.1 Å². The second kappa shape index (κ2) is 5.77. The van der Waals surface area contributed by atoms with Crippen LogP contribution in [0.3, 0.4) is 0 Å². The van der Waals surface area contributed by atoms with Crippen molar-refractivity contribution >= 4 is 21.7 Å². The number of aromatic nitrogens is 2. The SMILES string of the molecule is Cc1cc(N)n(CC(=O)N[C@H]2[C@H]3CCO[C@H]3[C@@H]2NS(C)(=O)=O)n1. The zero-order valence-corrected chi connectivity index (χ0v) is 13.8. The number of nitrogens with one attached hydrogen (secondary N) is 2. The number of hydrogen-bond acceptors (Lipinski definition) is 6. The van der Waals surface area contributed by atoms with E-state index in [0.717, 1.165) is 18.4 Å². The Balaban J connectivity index is 1.65. The number of aryl methyl sites for hydroxylation is 1. The van der Waals surface area contributed by atoms with Gasteiger partial charge in [-0.25, -0.2) is 17.8 Å². The predicted octanol–water partition coefficient (Wildman–Crippen LogP) is -1.40. The van der Waals surface area contributed by atoms with E-state index in [1.54, 1.807) is 13.0 Å². The van der Waals surface area contributed by atoms with E-state index in [4.69, 9.17) is 10.5 Å². The molecule has 1 saturated carbocycles. The van der Waals surface area contributed by atoms with Crippen molar-refractivity contribution in [3.05, 3.63) is 11.8 Å². The van der Waals surface area contributed by atoms with Crippen LogP contribution in [0.2, 0.25) is 0 Å². The van der Waals surface area contributed by atoms with Crippen molar-refractivity contribution < 1.29 is 17.9 Å². The lowest BCUT2D eigenvalue weighted by atomic mass is 9.72. The fraction of sp³-hybridized carbons (Fsp3) is 0.692. The number of carbonyl (C=O) groups excluding carboxylic acids is 1. The quantitative estimate of drug-likeness (QED) is 0.603. The summed E-state index contributed by atoms with van der Waals surface area (Å²) in [6, 6.07) is 0.978. The minimum absolute atomic E-state index is 0.0000120. The van der Waals surface area contributed by atoms with Crippen LogP contribution in [-0.4, -0.2) is 55.2 Å². The Bertz CT molecular complexity index is 716. The number of nitrogen functional groups attached to an aromatic ring is 1. The number of ether oxygens (including phenoxy) is 1. The van der Waals surface area contributed by atoms with Crippen molar-refractivity contribution in [3.63, 3.8) is 0 Å². The van der Waals surface area contributed by atoms with Crippen LogP contribution in [0.5, 0.6) is 0 Å². The van der Waals surface area contributed by atoms with Crippen molar-refractivity contribution in [2.75, 3.05) is 18.6 Å². The van der Waals surface area contributed by atoms with Gasteiger partial charge in [0.1, 0.15) is 12.4 Å². The van der Waals surface area contributed by atoms with Crippen LogP contribution in [-0.2, 0) is 26.1 Å². The summed E-state index contributed by atoms with van der Waals surface area (Å²) in [5.41, 5.74) is 6.51. The molecule has 10 heteroatoms. The molecule has 1 aromatic rings. The molecule has 1 aliphatic carbocycles. The third-order valence-corrected chi connectivity index (χ3v) is 4.99. The first kappa shape index (κ1) is 16.2. The maximum absolute atomic E-state index is 12.2. The van der Waals surface area contributed by atoms with Crippen LogP contribution in [0.1, 0.15) is 12.1 Å². The number of amides is 1. The van der Waals surface area contributed by atoms with Gasteiger partial charge in [0.2, 0.25) is 15.9 Å². The second-order valence-electron chi connectivity index (χ2n) is 6.17. The van der Waals surface area contributed by atoms with Crippen molar-refractivity contribution in [2.45, 2.75) is 38.1 Å². The summed E-state index contributed by atoms with van der Waals surface area (Å²) in [6.45, 7) is 2.37. The Labute approximate surface area is 134 Å². The first-order chi connectivity index (χ1) is 10.7. The number of fused-ring (bicyclic) bond motifs is 1. The minimum atomic E-state index is -3.37. The van der Waals surface area contributed by atoms with Gasteiger partial charge >= 0.3 is 0 Å². The zero-order chi connectivity index (χ0) is 16.8. The molecule has 1 aromatic heterocycles. The molecule has 3 rings (SSSR count). The molecule has 2 aliphatic rings. The molecule has 1 saturated heterocycles. The van der Waals surface area contributed by atoms with Gasteiger partial charge in [0.25, 0.3) is 0 Å². The summed E-state index contributed by atoms with van der Waals surface area (Å²) in [5, 5.41) is 7.02. The minimum Gasteiger partial charge on any atom is -0.384 e. The van der Waals surface area contributed by atoms with Gasteiger partial charge in [-0.1, -0.05) is 0 Å². The van der Waals surface area contributed by atoms with E-state index in [1.807, 2.05) is 0 Å². The fourth-order valence-corrected chi connectivity index (χ4v) is 4.13. The molecule has 2 heterocycles. The second-order valence-corrected chi connectivity index (χ2v) is 7.95. The highest BCUT2D eigenvalue weighted by Gasteiger charge is 2.55. The van der Waals surface area contributed by atoms with Crippen LogP contribution in [0.15, 0.2) is 6.07 Å². The zero-order valence-electron chi connectivity index (χ0n) is 13.0. The van der Waals surface area contributed by atoms with Gasteiger partial charge < -0.3 is 15.8 Å². The molecule has 4 atom stereocenters. The lowest BCUT2D eigenvalue weighted by molar-refractivity contribution is -0.125. The molecule has 0 spiro atoms. The van der Waals surface area contributed by atoms with Crippen LogP contribution in [0, 0.1) is 12.8 Å². The molecule has 0 unspecified atom stereocenters. The molecule has 9 nitrogen and oxygen atoms in total. The standard InChI is InChI=1S/C13H21N5O4S/c1-7-5-9(14)18(16-7)6-10(19)15-11-8-3-4-22-13(8)12(11)17-23(2,20)21/h5,8,11-13,17H,3-4,6,14H2,1-2H3,(H,15,19)/t8-,11+,12-,13-/m1/s1. The number of sulfonamides is 1. The molecule has 23 heavy (non-hydrogen) atoms. The normalized spacial score (nSPS) is 29.8. The molecule has 2 fully saturated rings. The van der Waals surface area contributed by atoms with E-state index in [9.17, 15) is 13.2 Å². The molecule has 0 aromatic carbocycles. The third-order valence-electron chi connectivity index (χ3n) is 4.29. The van der Waals surface area contributed by atoms with Gasteiger partial charge in [-0.3, -0.25) is 4.79 Å². The Morgan fingerprint density at radius 2 is 2.26 bits per heavy atom. The van der Waals surface area contributed by atoms with E-state index in [0.29, 0.717) is 12.4 Å². The average molecular weight is 343 g/mol. The highest BCUT2D eigenvalue weighted by Crippen LogP contribution is 2.39. The number of carbonyl (C=O) groups is 1. The Morgan fingerprint density at radius 3 is 2.87 bits per heavy atom. The summed E-state index contributed by atoms with van der Waals surface area (Å²) < 4.78 is 32.5. The van der Waals surface area contributed by atoms with Crippen molar-refractivity contribution in [1.29, 1.82) is 0 Å². The van der Waals surface area contributed by atoms with Crippen LogP contribution >= 0.6 is 0 Å². The highest BCUT2D eigenvalue weighted by atomic mass is 32.2. The summed E-state index contributed by atoms with van der Waals surface area (Å²) >= 11 is 0. The molecular weight excluding hydrogens is 322 g/mol. The summed E-state index contributed by atoms with van der Waals surface area (Å²) in [4.78, 5) is 12.2. The summed E-state index contributed by atoms with van der Waals surface area (Å²) in [6.07, 6.45) is 1.73. The highest BCUT2D eigenvalue weighted by molar-refractivity contribution is 7.88. The summed E-state index contributed by atoms with van der Waals surface area (Å²) in [7, 11) is -3.37. The maximum Gasteiger partial charge on any atom is 0.242 e.